The summed E-state index contributed by atoms with van der Waals surface area (Å²) >= 11 is 0. The topological polar surface area (TPSA) is 21.3 Å². The number of ether oxygens (including phenoxy) is 1. The van der Waals surface area contributed by atoms with Gasteiger partial charge in [0.25, 0.3) is 0 Å². The average molecular weight is 267 g/mol. The number of benzene rings is 2. The summed E-state index contributed by atoms with van der Waals surface area (Å²) in [6, 6.07) is 15.4. The third kappa shape index (κ3) is 2.70. The van der Waals surface area contributed by atoms with Gasteiger partial charge >= 0.3 is 0 Å². The summed E-state index contributed by atoms with van der Waals surface area (Å²) in [5.74, 6) is 1.03. The van der Waals surface area contributed by atoms with Crippen molar-refractivity contribution in [2.24, 2.45) is 0 Å². The summed E-state index contributed by atoms with van der Waals surface area (Å²) in [5.41, 5.74) is 5.33. The Labute approximate surface area is 120 Å². The van der Waals surface area contributed by atoms with E-state index in [0.29, 0.717) is 6.04 Å². The van der Waals surface area contributed by atoms with Gasteiger partial charge in [0.2, 0.25) is 0 Å². The van der Waals surface area contributed by atoms with Gasteiger partial charge in [-0.1, -0.05) is 42.0 Å². The maximum Gasteiger partial charge on any atom is 0.124 e. The largest absolute Gasteiger partial charge is 0.493 e. The number of fused-ring (bicyclic) bond motifs is 1. The predicted molar refractivity (Wildman–Crippen MR) is 82.1 cm³/mol. The first-order valence-electron chi connectivity index (χ1n) is 7.25. The lowest BCUT2D eigenvalue weighted by Crippen LogP contribution is -2.27. The van der Waals surface area contributed by atoms with E-state index in [1.165, 1.54) is 22.3 Å². The molecule has 0 radical (unpaired) electrons. The lowest BCUT2D eigenvalue weighted by Gasteiger charge is -2.27. The van der Waals surface area contributed by atoms with Gasteiger partial charge in [0.1, 0.15) is 5.75 Å². The van der Waals surface area contributed by atoms with Gasteiger partial charge in [-0.05, 0) is 31.0 Å². The second kappa shape index (κ2) is 5.68. The molecule has 0 bridgehead atoms. The molecule has 1 atom stereocenters. The second-order valence-electron chi connectivity index (χ2n) is 5.54. The van der Waals surface area contributed by atoms with Crippen LogP contribution in [-0.4, -0.2) is 6.61 Å². The van der Waals surface area contributed by atoms with Crippen molar-refractivity contribution in [1.29, 1.82) is 0 Å². The summed E-state index contributed by atoms with van der Waals surface area (Å²) in [7, 11) is 0. The lowest BCUT2D eigenvalue weighted by molar-refractivity contribution is 0.252. The Morgan fingerprint density at radius 3 is 2.90 bits per heavy atom. The van der Waals surface area contributed by atoms with Crippen molar-refractivity contribution >= 4 is 0 Å². The van der Waals surface area contributed by atoms with Crippen molar-refractivity contribution < 1.29 is 4.74 Å². The van der Waals surface area contributed by atoms with Crippen molar-refractivity contribution in [3.63, 3.8) is 0 Å². The lowest BCUT2D eigenvalue weighted by atomic mass is 9.99. The van der Waals surface area contributed by atoms with E-state index in [9.17, 15) is 0 Å². The summed E-state index contributed by atoms with van der Waals surface area (Å²) in [6.07, 6.45) is 1.03. The number of para-hydroxylation sites is 1. The first-order valence-corrected chi connectivity index (χ1v) is 7.25. The molecule has 0 amide bonds. The molecule has 0 saturated carbocycles. The zero-order valence-corrected chi connectivity index (χ0v) is 12.1. The second-order valence-corrected chi connectivity index (χ2v) is 5.54. The van der Waals surface area contributed by atoms with Crippen LogP contribution >= 0.6 is 0 Å². The molecule has 20 heavy (non-hydrogen) atoms. The quantitative estimate of drug-likeness (QED) is 0.910. The zero-order chi connectivity index (χ0) is 13.9. The van der Waals surface area contributed by atoms with Crippen LogP contribution in [0.4, 0.5) is 0 Å². The maximum absolute atomic E-state index is 5.71. The maximum atomic E-state index is 5.71. The summed E-state index contributed by atoms with van der Waals surface area (Å²) in [5, 5.41) is 3.68. The van der Waals surface area contributed by atoms with Gasteiger partial charge in [-0.15, -0.1) is 0 Å². The first-order chi connectivity index (χ1) is 9.74. The fourth-order valence-electron chi connectivity index (χ4n) is 2.78. The highest BCUT2D eigenvalue weighted by Gasteiger charge is 2.20. The molecule has 1 unspecified atom stereocenters. The van der Waals surface area contributed by atoms with Crippen LogP contribution in [0.1, 0.15) is 34.7 Å². The minimum atomic E-state index is 0.389. The molecule has 2 aromatic carbocycles. The first kappa shape index (κ1) is 13.2. The number of hydrogen-bond donors (Lipinski definition) is 1. The fraction of sp³-hybridized carbons (Fsp3) is 0.333. The molecule has 0 fully saturated rings. The Morgan fingerprint density at radius 1 is 1.15 bits per heavy atom. The van der Waals surface area contributed by atoms with E-state index < -0.39 is 0 Å². The average Bonchev–Trinajstić information content (AvgIpc) is 2.48. The molecular formula is C18H21NO. The fourth-order valence-corrected chi connectivity index (χ4v) is 2.78. The van der Waals surface area contributed by atoms with Gasteiger partial charge in [-0.2, -0.15) is 0 Å². The predicted octanol–water partition coefficient (Wildman–Crippen LogP) is 3.92. The van der Waals surface area contributed by atoms with Crippen LogP contribution in [0.25, 0.3) is 0 Å². The Bertz CT molecular complexity index is 606. The van der Waals surface area contributed by atoms with Gasteiger partial charge in [0.15, 0.2) is 0 Å². The smallest absolute Gasteiger partial charge is 0.124 e. The molecule has 0 aromatic heterocycles. The van der Waals surface area contributed by atoms with Crippen molar-refractivity contribution in [3.05, 3.63) is 64.7 Å². The number of rotatable bonds is 3. The van der Waals surface area contributed by atoms with Crippen LogP contribution in [0.3, 0.4) is 0 Å². The Hall–Kier alpha value is -1.80. The number of nitrogens with one attached hydrogen (secondary N) is 1. The van der Waals surface area contributed by atoms with Crippen molar-refractivity contribution in [2.45, 2.75) is 32.9 Å². The van der Waals surface area contributed by atoms with Gasteiger partial charge in [-0.25, -0.2) is 0 Å². The highest BCUT2D eigenvalue weighted by atomic mass is 16.5. The van der Waals surface area contributed by atoms with E-state index in [1.807, 2.05) is 6.07 Å². The van der Waals surface area contributed by atoms with E-state index in [1.54, 1.807) is 0 Å². The normalized spacial score (nSPS) is 17.4. The molecule has 0 aliphatic carbocycles. The van der Waals surface area contributed by atoms with Gasteiger partial charge in [0.05, 0.1) is 6.61 Å². The van der Waals surface area contributed by atoms with E-state index in [2.05, 4.69) is 55.6 Å². The van der Waals surface area contributed by atoms with Crippen LogP contribution in [0, 0.1) is 13.8 Å². The molecule has 2 nitrogen and oxygen atoms in total. The molecule has 1 N–H and O–H groups in total. The Balaban J connectivity index is 1.75. The summed E-state index contributed by atoms with van der Waals surface area (Å²) in [6.45, 7) is 6.02. The molecule has 0 saturated heterocycles. The molecule has 2 aromatic rings. The van der Waals surface area contributed by atoms with E-state index in [-0.39, 0.29) is 0 Å². The molecule has 1 aliphatic rings. The van der Waals surface area contributed by atoms with Gasteiger partial charge in [-0.3, -0.25) is 0 Å². The van der Waals surface area contributed by atoms with E-state index >= 15 is 0 Å². The van der Waals surface area contributed by atoms with Crippen LogP contribution in [0.2, 0.25) is 0 Å². The minimum Gasteiger partial charge on any atom is -0.493 e. The summed E-state index contributed by atoms with van der Waals surface area (Å²) < 4.78 is 5.71. The molecule has 3 rings (SSSR count). The van der Waals surface area contributed by atoms with Crippen molar-refractivity contribution in [2.75, 3.05) is 6.61 Å². The van der Waals surface area contributed by atoms with Crippen molar-refractivity contribution in [1.82, 2.24) is 5.32 Å². The third-order valence-electron chi connectivity index (χ3n) is 4.00. The van der Waals surface area contributed by atoms with Crippen LogP contribution < -0.4 is 10.1 Å². The highest BCUT2D eigenvalue weighted by molar-refractivity contribution is 5.37. The molecule has 1 heterocycles. The van der Waals surface area contributed by atoms with E-state index in [0.717, 1.165) is 25.3 Å². The van der Waals surface area contributed by atoms with Crippen LogP contribution in [-0.2, 0) is 6.54 Å². The molecule has 2 heteroatoms. The van der Waals surface area contributed by atoms with Gasteiger partial charge < -0.3 is 10.1 Å². The van der Waals surface area contributed by atoms with Crippen LogP contribution in [0.5, 0.6) is 5.75 Å². The SMILES string of the molecule is Cc1ccc(C)c(CNC2CCOc3ccccc32)c1. The standard InChI is InChI=1S/C18H21NO/c1-13-7-8-14(2)15(11-13)12-19-17-9-10-20-18-6-4-3-5-16(17)18/h3-8,11,17,19H,9-10,12H2,1-2H3. The van der Waals surface area contributed by atoms with E-state index in [4.69, 9.17) is 4.74 Å². The molecule has 1 aliphatic heterocycles. The summed E-state index contributed by atoms with van der Waals surface area (Å²) in [4.78, 5) is 0. The molecule has 0 spiro atoms. The Morgan fingerprint density at radius 2 is 2.00 bits per heavy atom. The highest BCUT2D eigenvalue weighted by Crippen LogP contribution is 2.31. The Kier molecular flexibility index (Phi) is 3.75. The molecule has 104 valence electrons. The monoisotopic (exact) mass is 267 g/mol. The minimum absolute atomic E-state index is 0.389. The molecular weight excluding hydrogens is 246 g/mol. The van der Waals surface area contributed by atoms with Crippen LogP contribution in [0.15, 0.2) is 42.5 Å². The van der Waals surface area contributed by atoms with Gasteiger partial charge in [0, 0.05) is 24.6 Å². The van der Waals surface area contributed by atoms with Crippen molar-refractivity contribution in [3.8, 4) is 5.75 Å². The zero-order valence-electron chi connectivity index (χ0n) is 12.1. The number of hydrogen-bond acceptors (Lipinski definition) is 2. The third-order valence-corrected chi connectivity index (χ3v) is 4.00. The number of aryl methyl sites for hydroxylation is 2.